The third kappa shape index (κ3) is 1.58. The largest absolute Gasteiger partial charge is 0.479 e. The summed E-state index contributed by atoms with van der Waals surface area (Å²) in [6.07, 6.45) is 4.19. The van der Waals surface area contributed by atoms with E-state index < -0.39 is 0 Å². The van der Waals surface area contributed by atoms with Crippen LogP contribution in [0, 0.1) is 0 Å². The number of nitrogens with two attached hydrogens (primary N) is 1. The van der Waals surface area contributed by atoms with Crippen molar-refractivity contribution in [3.63, 3.8) is 0 Å². The number of nitrogens with zero attached hydrogens (tertiary/aromatic N) is 3. The van der Waals surface area contributed by atoms with Crippen LogP contribution in [0.25, 0.3) is 0 Å². The minimum absolute atomic E-state index is 0.109. The molecule has 0 spiro atoms. The SMILES string of the molecule is COc1nccnc1C(=O)c1cn[nH]c1N. The van der Waals surface area contributed by atoms with E-state index in [0.717, 1.165) is 0 Å². The number of ketones is 1. The Morgan fingerprint density at radius 3 is 2.81 bits per heavy atom. The third-order valence-electron chi connectivity index (χ3n) is 1.99. The Bertz CT molecular complexity index is 522. The Morgan fingerprint density at radius 1 is 1.44 bits per heavy atom. The van der Waals surface area contributed by atoms with Crippen LogP contribution < -0.4 is 10.5 Å². The van der Waals surface area contributed by atoms with Gasteiger partial charge in [-0.1, -0.05) is 0 Å². The number of aromatic amines is 1. The van der Waals surface area contributed by atoms with Crippen molar-refractivity contribution < 1.29 is 9.53 Å². The summed E-state index contributed by atoms with van der Waals surface area (Å²) in [5.74, 6) is -0.0259. The Hall–Kier alpha value is -2.44. The van der Waals surface area contributed by atoms with Gasteiger partial charge in [0, 0.05) is 12.4 Å². The van der Waals surface area contributed by atoms with E-state index in [0.29, 0.717) is 0 Å². The van der Waals surface area contributed by atoms with Crippen LogP contribution in [-0.4, -0.2) is 33.1 Å². The van der Waals surface area contributed by atoms with Crippen LogP contribution in [-0.2, 0) is 0 Å². The van der Waals surface area contributed by atoms with Crippen molar-refractivity contribution in [1.82, 2.24) is 20.2 Å². The lowest BCUT2D eigenvalue weighted by Crippen LogP contribution is -2.08. The van der Waals surface area contributed by atoms with Crippen molar-refractivity contribution >= 4 is 11.6 Å². The van der Waals surface area contributed by atoms with Crippen LogP contribution in [0.5, 0.6) is 5.88 Å². The molecule has 0 atom stereocenters. The molecule has 0 aliphatic heterocycles. The van der Waals surface area contributed by atoms with Crippen LogP contribution in [0.3, 0.4) is 0 Å². The zero-order chi connectivity index (χ0) is 11.5. The molecule has 0 aliphatic carbocycles. The van der Waals surface area contributed by atoms with Gasteiger partial charge in [-0.2, -0.15) is 5.10 Å². The topological polar surface area (TPSA) is 107 Å². The number of ether oxygens (including phenoxy) is 1. The molecule has 0 radical (unpaired) electrons. The first-order valence-corrected chi connectivity index (χ1v) is 4.42. The maximum atomic E-state index is 12.0. The van der Waals surface area contributed by atoms with E-state index >= 15 is 0 Å². The van der Waals surface area contributed by atoms with Gasteiger partial charge >= 0.3 is 0 Å². The molecule has 0 aliphatic rings. The molecule has 0 saturated heterocycles. The maximum absolute atomic E-state index is 12.0. The smallest absolute Gasteiger partial charge is 0.243 e. The molecule has 0 amide bonds. The van der Waals surface area contributed by atoms with Crippen LogP contribution >= 0.6 is 0 Å². The zero-order valence-corrected chi connectivity index (χ0v) is 8.47. The van der Waals surface area contributed by atoms with Crippen molar-refractivity contribution in [2.24, 2.45) is 0 Å². The van der Waals surface area contributed by atoms with Crippen molar-refractivity contribution in [1.29, 1.82) is 0 Å². The average Bonchev–Trinajstić information content (AvgIpc) is 2.74. The number of nitrogen functional groups attached to an aromatic ring is 1. The minimum atomic E-state index is -0.379. The summed E-state index contributed by atoms with van der Waals surface area (Å²) in [6.45, 7) is 0. The molecular weight excluding hydrogens is 210 g/mol. The summed E-state index contributed by atoms with van der Waals surface area (Å²) in [5.41, 5.74) is 5.90. The molecule has 3 N–H and O–H groups in total. The molecule has 0 aromatic carbocycles. The fourth-order valence-electron chi connectivity index (χ4n) is 1.24. The second-order valence-electron chi connectivity index (χ2n) is 2.94. The van der Waals surface area contributed by atoms with Gasteiger partial charge in [0.25, 0.3) is 0 Å². The molecule has 2 heterocycles. The minimum Gasteiger partial charge on any atom is -0.479 e. The van der Waals surface area contributed by atoms with Gasteiger partial charge in [0.15, 0.2) is 5.69 Å². The number of nitrogens with one attached hydrogen (secondary N) is 1. The van der Waals surface area contributed by atoms with Gasteiger partial charge in [0.05, 0.1) is 18.9 Å². The van der Waals surface area contributed by atoms with E-state index in [2.05, 4.69) is 20.2 Å². The Morgan fingerprint density at radius 2 is 2.19 bits per heavy atom. The Balaban J connectivity index is 2.46. The monoisotopic (exact) mass is 219 g/mol. The molecule has 2 rings (SSSR count). The summed E-state index contributed by atoms with van der Waals surface area (Å²) < 4.78 is 4.94. The summed E-state index contributed by atoms with van der Waals surface area (Å²) in [6, 6.07) is 0. The lowest BCUT2D eigenvalue weighted by molar-refractivity contribution is 0.103. The fraction of sp³-hybridized carbons (Fsp3) is 0.111. The normalized spacial score (nSPS) is 10.1. The van der Waals surface area contributed by atoms with E-state index in [1.165, 1.54) is 25.7 Å². The predicted molar refractivity (Wildman–Crippen MR) is 55.0 cm³/mol. The first-order valence-electron chi connectivity index (χ1n) is 4.42. The fourth-order valence-corrected chi connectivity index (χ4v) is 1.24. The molecule has 7 heteroatoms. The number of anilines is 1. The third-order valence-corrected chi connectivity index (χ3v) is 1.99. The van der Waals surface area contributed by atoms with Gasteiger partial charge in [-0.15, -0.1) is 0 Å². The lowest BCUT2D eigenvalue weighted by atomic mass is 10.1. The predicted octanol–water partition coefficient (Wildman–Crippen LogP) is 0.0215. The van der Waals surface area contributed by atoms with Gasteiger partial charge in [0.2, 0.25) is 11.7 Å². The van der Waals surface area contributed by atoms with Crippen molar-refractivity contribution in [3.8, 4) is 5.88 Å². The lowest BCUT2D eigenvalue weighted by Gasteiger charge is -2.03. The summed E-state index contributed by atoms with van der Waals surface area (Å²) in [4.78, 5) is 19.8. The molecule has 7 nitrogen and oxygen atoms in total. The molecule has 0 fully saturated rings. The summed E-state index contributed by atoms with van der Waals surface area (Å²) in [7, 11) is 1.42. The Labute approximate surface area is 90.7 Å². The zero-order valence-electron chi connectivity index (χ0n) is 8.47. The van der Waals surface area contributed by atoms with Crippen LogP contribution in [0.15, 0.2) is 18.6 Å². The van der Waals surface area contributed by atoms with Gasteiger partial charge in [-0.05, 0) is 0 Å². The van der Waals surface area contributed by atoms with E-state index in [-0.39, 0.29) is 28.7 Å². The summed E-state index contributed by atoms with van der Waals surface area (Å²) in [5, 5.41) is 6.14. The number of carbonyl (C=O) groups excluding carboxylic acids is 1. The first kappa shape index (κ1) is 10.1. The molecule has 16 heavy (non-hydrogen) atoms. The quantitative estimate of drug-likeness (QED) is 0.705. The number of rotatable bonds is 3. The summed E-state index contributed by atoms with van der Waals surface area (Å²) >= 11 is 0. The molecule has 82 valence electrons. The van der Waals surface area contributed by atoms with E-state index in [4.69, 9.17) is 10.5 Å². The van der Waals surface area contributed by atoms with Gasteiger partial charge in [0.1, 0.15) is 5.82 Å². The van der Waals surface area contributed by atoms with Crippen molar-refractivity contribution in [3.05, 3.63) is 29.8 Å². The molecule has 0 unspecified atom stereocenters. The second-order valence-corrected chi connectivity index (χ2v) is 2.94. The number of H-pyrrole nitrogens is 1. The molecule has 0 saturated carbocycles. The highest BCUT2D eigenvalue weighted by atomic mass is 16.5. The van der Waals surface area contributed by atoms with Gasteiger partial charge in [-0.3, -0.25) is 9.89 Å². The second kappa shape index (κ2) is 3.97. The van der Waals surface area contributed by atoms with E-state index in [1.807, 2.05) is 0 Å². The standard InChI is InChI=1S/C9H9N5O2/c1-16-9-6(11-2-3-12-9)7(15)5-4-13-14-8(5)10/h2-4H,1H3,(H3,10,13,14). The maximum Gasteiger partial charge on any atom is 0.243 e. The van der Waals surface area contributed by atoms with Crippen molar-refractivity contribution in [2.75, 3.05) is 12.8 Å². The number of carbonyl (C=O) groups is 1. The number of methoxy groups -OCH3 is 1. The highest BCUT2D eigenvalue weighted by molar-refractivity contribution is 6.11. The highest BCUT2D eigenvalue weighted by Crippen LogP contribution is 2.18. The first-order chi connectivity index (χ1) is 7.74. The Kier molecular flexibility index (Phi) is 2.50. The van der Waals surface area contributed by atoms with Crippen LogP contribution in [0.4, 0.5) is 5.82 Å². The van der Waals surface area contributed by atoms with Gasteiger partial charge in [-0.25, -0.2) is 9.97 Å². The van der Waals surface area contributed by atoms with Crippen molar-refractivity contribution in [2.45, 2.75) is 0 Å². The van der Waals surface area contributed by atoms with E-state index in [9.17, 15) is 4.79 Å². The number of aromatic nitrogens is 4. The average molecular weight is 219 g/mol. The van der Waals surface area contributed by atoms with E-state index in [1.54, 1.807) is 0 Å². The van der Waals surface area contributed by atoms with Crippen LogP contribution in [0.1, 0.15) is 16.1 Å². The number of hydrogen-bond acceptors (Lipinski definition) is 6. The van der Waals surface area contributed by atoms with Crippen LogP contribution in [0.2, 0.25) is 0 Å². The molecule has 0 bridgehead atoms. The molecule has 2 aromatic rings. The number of hydrogen-bond donors (Lipinski definition) is 2. The molecular formula is C9H9N5O2. The highest BCUT2D eigenvalue weighted by Gasteiger charge is 2.20. The molecule has 2 aromatic heterocycles. The van der Waals surface area contributed by atoms with Gasteiger partial charge < -0.3 is 10.5 Å².